The monoisotopic (exact) mass is 353 g/mol. The van der Waals surface area contributed by atoms with Crippen LogP contribution in [0.1, 0.15) is 21.5 Å². The average molecular weight is 353 g/mol. The molecule has 0 atom stereocenters. The number of carbonyl (C=O) groups is 1. The van der Waals surface area contributed by atoms with Gasteiger partial charge in [0, 0.05) is 12.1 Å². The molecule has 0 unspecified atom stereocenters. The van der Waals surface area contributed by atoms with Crippen molar-refractivity contribution < 1.29 is 18.3 Å². The molecule has 0 aliphatic carbocycles. The maximum atomic E-state index is 13.1. The van der Waals surface area contributed by atoms with Crippen LogP contribution in [-0.2, 0) is 13.2 Å². The van der Waals surface area contributed by atoms with E-state index in [0.29, 0.717) is 18.9 Å². The Labute approximate surface area is 150 Å². The third kappa shape index (κ3) is 4.89. The Morgan fingerprint density at radius 3 is 2.23 bits per heavy atom. The Kier molecular flexibility index (Phi) is 5.59. The van der Waals surface area contributed by atoms with Crippen LogP contribution in [0.5, 0.6) is 5.75 Å². The van der Waals surface area contributed by atoms with Crippen molar-refractivity contribution in [2.45, 2.75) is 13.2 Å². The minimum absolute atomic E-state index is 0.279. The van der Waals surface area contributed by atoms with Gasteiger partial charge in [0.25, 0.3) is 5.91 Å². The molecule has 0 aliphatic heterocycles. The summed E-state index contributed by atoms with van der Waals surface area (Å²) in [6.45, 7) is 0.670. The van der Waals surface area contributed by atoms with Crippen LogP contribution in [0.15, 0.2) is 72.8 Å². The first-order valence-corrected chi connectivity index (χ1v) is 8.10. The molecule has 26 heavy (non-hydrogen) atoms. The summed E-state index contributed by atoms with van der Waals surface area (Å²) in [5, 5.41) is 2.74. The van der Waals surface area contributed by atoms with Gasteiger partial charge in [0.15, 0.2) is 0 Å². The fourth-order valence-corrected chi connectivity index (χ4v) is 2.36. The Morgan fingerprint density at radius 1 is 0.846 bits per heavy atom. The molecule has 0 bridgehead atoms. The van der Waals surface area contributed by atoms with E-state index < -0.39 is 5.82 Å². The third-order valence-corrected chi connectivity index (χ3v) is 3.78. The molecule has 0 fully saturated rings. The zero-order chi connectivity index (χ0) is 18.4. The summed E-state index contributed by atoms with van der Waals surface area (Å²) in [6, 6.07) is 19.0. The number of amides is 1. The highest BCUT2D eigenvalue weighted by Crippen LogP contribution is 2.15. The number of benzene rings is 3. The lowest BCUT2D eigenvalue weighted by molar-refractivity contribution is 0.0950. The molecule has 3 aromatic rings. The molecule has 0 saturated carbocycles. The Morgan fingerprint density at radius 2 is 1.54 bits per heavy atom. The van der Waals surface area contributed by atoms with Crippen molar-refractivity contribution in [2.75, 3.05) is 0 Å². The normalized spacial score (nSPS) is 10.4. The molecule has 1 N–H and O–H groups in total. The molecule has 3 rings (SSSR count). The number of rotatable bonds is 6. The van der Waals surface area contributed by atoms with Crippen molar-refractivity contribution >= 4 is 5.91 Å². The summed E-state index contributed by atoms with van der Waals surface area (Å²) >= 11 is 0. The average Bonchev–Trinajstić information content (AvgIpc) is 2.66. The van der Waals surface area contributed by atoms with E-state index in [1.54, 1.807) is 30.3 Å². The standard InChI is InChI=1S/C21H17F2NO2/c22-18-8-4-16(5-9-18)14-26-20-10-6-15(7-11-20)13-24-21(25)17-2-1-3-19(23)12-17/h1-12H,13-14H2,(H,24,25). The van der Waals surface area contributed by atoms with Crippen molar-refractivity contribution in [1.82, 2.24) is 5.32 Å². The van der Waals surface area contributed by atoms with Crippen LogP contribution >= 0.6 is 0 Å². The molecular weight excluding hydrogens is 336 g/mol. The van der Waals surface area contributed by atoms with Gasteiger partial charge in [0.2, 0.25) is 0 Å². The maximum Gasteiger partial charge on any atom is 0.251 e. The van der Waals surface area contributed by atoms with Gasteiger partial charge < -0.3 is 10.1 Å². The lowest BCUT2D eigenvalue weighted by Crippen LogP contribution is -2.22. The predicted molar refractivity (Wildman–Crippen MR) is 94.7 cm³/mol. The van der Waals surface area contributed by atoms with Gasteiger partial charge in [-0.25, -0.2) is 8.78 Å². The van der Waals surface area contributed by atoms with Crippen molar-refractivity contribution in [3.05, 3.63) is 101 Å². The van der Waals surface area contributed by atoms with Crippen LogP contribution in [0.3, 0.4) is 0 Å². The fraction of sp³-hybridized carbons (Fsp3) is 0.0952. The zero-order valence-electron chi connectivity index (χ0n) is 13.9. The van der Waals surface area contributed by atoms with Gasteiger partial charge in [-0.3, -0.25) is 4.79 Å². The van der Waals surface area contributed by atoms with Crippen LogP contribution in [0.2, 0.25) is 0 Å². The van der Waals surface area contributed by atoms with E-state index in [0.717, 1.165) is 11.1 Å². The van der Waals surface area contributed by atoms with E-state index >= 15 is 0 Å². The molecule has 0 saturated heterocycles. The molecule has 0 aliphatic rings. The maximum absolute atomic E-state index is 13.1. The number of carbonyl (C=O) groups excluding carboxylic acids is 1. The minimum atomic E-state index is -0.444. The largest absolute Gasteiger partial charge is 0.489 e. The summed E-state index contributed by atoms with van der Waals surface area (Å²) in [5.74, 6) is -0.380. The second-order valence-corrected chi connectivity index (χ2v) is 5.75. The Hall–Kier alpha value is -3.21. The number of ether oxygens (including phenoxy) is 1. The molecule has 0 radical (unpaired) electrons. The number of nitrogens with one attached hydrogen (secondary N) is 1. The van der Waals surface area contributed by atoms with E-state index in [2.05, 4.69) is 5.32 Å². The van der Waals surface area contributed by atoms with Crippen LogP contribution in [-0.4, -0.2) is 5.91 Å². The fourth-order valence-electron chi connectivity index (χ4n) is 2.36. The second kappa shape index (κ2) is 8.25. The summed E-state index contributed by atoms with van der Waals surface area (Å²) in [4.78, 5) is 12.0. The molecule has 1 amide bonds. The lowest BCUT2D eigenvalue weighted by atomic mass is 10.2. The molecule has 0 aromatic heterocycles. The van der Waals surface area contributed by atoms with Gasteiger partial charge in [-0.1, -0.05) is 30.3 Å². The van der Waals surface area contributed by atoms with E-state index in [4.69, 9.17) is 4.74 Å². The summed E-state index contributed by atoms with van der Waals surface area (Å²) < 4.78 is 31.6. The van der Waals surface area contributed by atoms with Gasteiger partial charge in [0.1, 0.15) is 24.0 Å². The van der Waals surface area contributed by atoms with Crippen molar-refractivity contribution in [1.29, 1.82) is 0 Å². The zero-order valence-corrected chi connectivity index (χ0v) is 13.9. The number of halogens is 2. The quantitative estimate of drug-likeness (QED) is 0.710. The second-order valence-electron chi connectivity index (χ2n) is 5.75. The van der Waals surface area contributed by atoms with Crippen LogP contribution < -0.4 is 10.1 Å². The van der Waals surface area contributed by atoms with Gasteiger partial charge >= 0.3 is 0 Å². The molecule has 132 valence electrons. The van der Waals surface area contributed by atoms with Crippen LogP contribution in [0, 0.1) is 11.6 Å². The van der Waals surface area contributed by atoms with Crippen molar-refractivity contribution in [3.8, 4) is 5.75 Å². The summed E-state index contributed by atoms with van der Waals surface area (Å²) in [6.07, 6.45) is 0. The van der Waals surface area contributed by atoms with Crippen LogP contribution in [0.25, 0.3) is 0 Å². The molecule has 0 spiro atoms. The lowest BCUT2D eigenvalue weighted by Gasteiger charge is -2.09. The highest BCUT2D eigenvalue weighted by atomic mass is 19.1. The SMILES string of the molecule is O=C(NCc1ccc(OCc2ccc(F)cc2)cc1)c1cccc(F)c1. The van der Waals surface area contributed by atoms with E-state index in [1.165, 1.54) is 30.3 Å². The van der Waals surface area contributed by atoms with Gasteiger partial charge in [-0.15, -0.1) is 0 Å². The molecule has 3 aromatic carbocycles. The first kappa shape index (κ1) is 17.6. The van der Waals surface area contributed by atoms with E-state index in [-0.39, 0.29) is 17.3 Å². The van der Waals surface area contributed by atoms with E-state index in [9.17, 15) is 13.6 Å². The summed E-state index contributed by atoms with van der Waals surface area (Å²) in [5.41, 5.74) is 2.05. The number of hydrogen-bond donors (Lipinski definition) is 1. The molecular formula is C21H17F2NO2. The highest BCUT2D eigenvalue weighted by molar-refractivity contribution is 5.94. The molecule has 0 heterocycles. The molecule has 5 heteroatoms. The Balaban J connectivity index is 1.51. The third-order valence-electron chi connectivity index (χ3n) is 3.78. The number of hydrogen-bond acceptors (Lipinski definition) is 2. The first-order valence-electron chi connectivity index (χ1n) is 8.10. The van der Waals surface area contributed by atoms with Crippen LogP contribution in [0.4, 0.5) is 8.78 Å². The smallest absolute Gasteiger partial charge is 0.251 e. The highest BCUT2D eigenvalue weighted by Gasteiger charge is 2.06. The minimum Gasteiger partial charge on any atom is -0.489 e. The first-order chi connectivity index (χ1) is 12.6. The summed E-state index contributed by atoms with van der Waals surface area (Å²) in [7, 11) is 0. The molecule has 3 nitrogen and oxygen atoms in total. The predicted octanol–water partition coefficient (Wildman–Crippen LogP) is 4.47. The van der Waals surface area contributed by atoms with Gasteiger partial charge in [0.05, 0.1) is 0 Å². The van der Waals surface area contributed by atoms with Gasteiger partial charge in [-0.05, 0) is 53.6 Å². The Bertz CT molecular complexity index is 877. The van der Waals surface area contributed by atoms with Crippen molar-refractivity contribution in [3.63, 3.8) is 0 Å². The van der Waals surface area contributed by atoms with Gasteiger partial charge in [-0.2, -0.15) is 0 Å². The van der Waals surface area contributed by atoms with E-state index in [1.807, 2.05) is 12.1 Å². The van der Waals surface area contributed by atoms with Crippen molar-refractivity contribution in [2.24, 2.45) is 0 Å². The topological polar surface area (TPSA) is 38.3 Å².